The molecule has 0 spiro atoms. The number of hydrogen-bond acceptors (Lipinski definition) is 5. The van der Waals surface area contributed by atoms with Crippen LogP contribution in [-0.2, 0) is 0 Å². The molecular formula is C26H28N4O2. The zero-order valence-electron chi connectivity index (χ0n) is 18.3. The molecule has 3 fully saturated rings. The number of fused-ring (bicyclic) bond motifs is 4. The summed E-state index contributed by atoms with van der Waals surface area (Å²) in [4.78, 5) is 24.5. The van der Waals surface area contributed by atoms with Gasteiger partial charge in [-0.2, -0.15) is 0 Å². The predicted octanol–water partition coefficient (Wildman–Crippen LogP) is 4.01. The number of piperidine rings is 3. The number of amides is 1. The molecule has 32 heavy (non-hydrogen) atoms. The monoisotopic (exact) mass is 428 g/mol. The maximum absolute atomic E-state index is 13.2. The fraction of sp³-hybridized carbons (Fsp3) is 0.346. The number of nitrogens with one attached hydrogen (secondary N) is 1. The first-order valence-electron chi connectivity index (χ1n) is 11.2. The Balaban J connectivity index is 1.57. The van der Waals surface area contributed by atoms with E-state index in [1.165, 1.54) is 6.42 Å². The van der Waals surface area contributed by atoms with Gasteiger partial charge in [0.2, 0.25) is 0 Å². The van der Waals surface area contributed by atoms with Crippen LogP contribution in [0.4, 0.5) is 0 Å². The fourth-order valence-corrected chi connectivity index (χ4v) is 5.36. The van der Waals surface area contributed by atoms with Gasteiger partial charge in [0, 0.05) is 30.4 Å². The van der Waals surface area contributed by atoms with Gasteiger partial charge in [-0.3, -0.25) is 19.7 Å². The van der Waals surface area contributed by atoms with Crippen molar-refractivity contribution in [2.75, 3.05) is 20.2 Å². The molecule has 0 saturated carbocycles. The highest BCUT2D eigenvalue weighted by atomic mass is 16.5. The quantitative estimate of drug-likeness (QED) is 0.601. The SMILES string of the molecule is C=C[C@H]1CN2CC[C@H]1C[C@@H]2[C@H](NC(=O)c1ccccn1)c1ccnc2ccc(OC)cc12. The molecule has 6 heteroatoms. The van der Waals surface area contributed by atoms with Crippen molar-refractivity contribution in [1.29, 1.82) is 0 Å². The number of ether oxygens (including phenoxy) is 1. The minimum absolute atomic E-state index is 0.161. The van der Waals surface area contributed by atoms with Crippen molar-refractivity contribution in [2.45, 2.75) is 24.9 Å². The van der Waals surface area contributed by atoms with Crippen LogP contribution in [0.3, 0.4) is 0 Å². The highest BCUT2D eigenvalue weighted by Crippen LogP contribution is 2.42. The first kappa shape index (κ1) is 20.6. The number of pyridine rings is 2. The van der Waals surface area contributed by atoms with Gasteiger partial charge in [0.25, 0.3) is 5.91 Å². The lowest BCUT2D eigenvalue weighted by Crippen LogP contribution is -2.57. The molecule has 6 rings (SSSR count). The number of aromatic nitrogens is 2. The first-order chi connectivity index (χ1) is 15.7. The fourth-order valence-electron chi connectivity index (χ4n) is 5.36. The number of hydrogen-bond donors (Lipinski definition) is 1. The summed E-state index contributed by atoms with van der Waals surface area (Å²) in [5.41, 5.74) is 2.37. The maximum atomic E-state index is 13.2. The maximum Gasteiger partial charge on any atom is 0.270 e. The Morgan fingerprint density at radius 2 is 2.16 bits per heavy atom. The van der Waals surface area contributed by atoms with Crippen molar-refractivity contribution in [1.82, 2.24) is 20.2 Å². The largest absolute Gasteiger partial charge is 0.497 e. The van der Waals surface area contributed by atoms with Crippen molar-refractivity contribution in [3.63, 3.8) is 0 Å². The number of carbonyl (C=O) groups is 1. The summed E-state index contributed by atoms with van der Waals surface area (Å²) in [6.07, 6.45) is 7.78. The van der Waals surface area contributed by atoms with Gasteiger partial charge in [0.05, 0.1) is 18.7 Å². The second-order valence-electron chi connectivity index (χ2n) is 8.70. The Labute approximate surface area is 188 Å². The Hall–Kier alpha value is -3.25. The highest BCUT2D eigenvalue weighted by molar-refractivity contribution is 5.93. The average Bonchev–Trinajstić information content (AvgIpc) is 2.87. The molecule has 1 unspecified atom stereocenters. The van der Waals surface area contributed by atoms with E-state index in [4.69, 9.17) is 4.74 Å². The minimum Gasteiger partial charge on any atom is -0.497 e. The number of methoxy groups -OCH3 is 1. The van der Waals surface area contributed by atoms with Gasteiger partial charge in [-0.1, -0.05) is 12.1 Å². The van der Waals surface area contributed by atoms with E-state index in [-0.39, 0.29) is 18.0 Å². The lowest BCUT2D eigenvalue weighted by molar-refractivity contribution is 0.00167. The van der Waals surface area contributed by atoms with Crippen molar-refractivity contribution in [3.05, 3.63) is 78.8 Å². The molecule has 2 aromatic heterocycles. The molecule has 0 aliphatic carbocycles. The average molecular weight is 429 g/mol. The van der Waals surface area contributed by atoms with Gasteiger partial charge < -0.3 is 10.1 Å². The molecule has 6 nitrogen and oxygen atoms in total. The summed E-state index contributed by atoms with van der Waals surface area (Å²) >= 11 is 0. The van der Waals surface area contributed by atoms with E-state index >= 15 is 0 Å². The molecule has 3 saturated heterocycles. The standard InChI is InChI=1S/C26H28N4O2/c1-3-17-16-30-13-10-18(17)14-24(30)25(29-26(31)23-6-4-5-11-27-23)20-9-12-28-22-8-7-19(32-2)15-21(20)22/h3-9,11-12,15,17-18,24-25H,1,10,13-14,16H2,2H3,(H,29,31)/t17-,18-,24+,25+/m0/s1. The zero-order valence-corrected chi connectivity index (χ0v) is 18.3. The molecule has 0 radical (unpaired) electrons. The van der Waals surface area contributed by atoms with Crippen LogP contribution in [0.25, 0.3) is 10.9 Å². The Morgan fingerprint density at radius 1 is 1.25 bits per heavy atom. The van der Waals surface area contributed by atoms with E-state index in [9.17, 15) is 4.79 Å². The summed E-state index contributed by atoms with van der Waals surface area (Å²) in [7, 11) is 1.67. The summed E-state index contributed by atoms with van der Waals surface area (Å²) in [6.45, 7) is 6.08. The van der Waals surface area contributed by atoms with E-state index in [1.807, 2.05) is 42.6 Å². The second kappa shape index (κ2) is 8.71. The Kier molecular flexibility index (Phi) is 5.62. The lowest BCUT2D eigenvalue weighted by Gasteiger charge is -2.51. The van der Waals surface area contributed by atoms with Crippen LogP contribution in [-0.4, -0.2) is 47.0 Å². The molecule has 3 aliphatic rings. The lowest BCUT2D eigenvalue weighted by atomic mass is 9.73. The zero-order chi connectivity index (χ0) is 22.1. The van der Waals surface area contributed by atoms with Crippen LogP contribution in [0.15, 0.2) is 67.5 Å². The van der Waals surface area contributed by atoms with Crippen LogP contribution in [0, 0.1) is 11.8 Å². The molecule has 5 heterocycles. The molecule has 3 aliphatic heterocycles. The smallest absolute Gasteiger partial charge is 0.270 e. The number of nitrogens with zero attached hydrogens (tertiary/aromatic N) is 3. The summed E-state index contributed by atoms with van der Waals surface area (Å²) < 4.78 is 5.48. The van der Waals surface area contributed by atoms with Gasteiger partial charge in [-0.15, -0.1) is 6.58 Å². The van der Waals surface area contributed by atoms with Crippen LogP contribution in [0.2, 0.25) is 0 Å². The summed E-state index contributed by atoms with van der Waals surface area (Å²) in [6, 6.07) is 13.4. The molecular weight excluding hydrogens is 400 g/mol. The van der Waals surface area contributed by atoms with E-state index in [0.717, 1.165) is 41.7 Å². The van der Waals surface area contributed by atoms with E-state index < -0.39 is 0 Å². The van der Waals surface area contributed by atoms with Crippen LogP contribution in [0.1, 0.15) is 34.9 Å². The van der Waals surface area contributed by atoms with Crippen LogP contribution in [0.5, 0.6) is 5.75 Å². The van der Waals surface area contributed by atoms with Crippen molar-refractivity contribution in [3.8, 4) is 5.75 Å². The van der Waals surface area contributed by atoms with Crippen LogP contribution < -0.4 is 10.1 Å². The van der Waals surface area contributed by atoms with Crippen molar-refractivity contribution < 1.29 is 9.53 Å². The van der Waals surface area contributed by atoms with Crippen molar-refractivity contribution in [2.24, 2.45) is 11.8 Å². The predicted molar refractivity (Wildman–Crippen MR) is 125 cm³/mol. The summed E-state index contributed by atoms with van der Waals surface area (Å²) in [5, 5.41) is 4.33. The Bertz CT molecular complexity index is 1130. The Morgan fingerprint density at radius 3 is 2.88 bits per heavy atom. The van der Waals surface area contributed by atoms with E-state index in [0.29, 0.717) is 17.5 Å². The molecule has 2 bridgehead atoms. The molecule has 5 atom stereocenters. The first-order valence-corrected chi connectivity index (χ1v) is 11.2. The van der Waals surface area contributed by atoms with Crippen LogP contribution >= 0.6 is 0 Å². The topological polar surface area (TPSA) is 67.4 Å². The molecule has 3 aromatic rings. The molecule has 164 valence electrons. The second-order valence-corrected chi connectivity index (χ2v) is 8.70. The minimum atomic E-state index is -0.185. The van der Waals surface area contributed by atoms with E-state index in [2.05, 4.69) is 32.8 Å². The molecule has 1 amide bonds. The van der Waals surface area contributed by atoms with Gasteiger partial charge in [-0.25, -0.2) is 0 Å². The van der Waals surface area contributed by atoms with Gasteiger partial charge >= 0.3 is 0 Å². The molecule has 1 aromatic carbocycles. The van der Waals surface area contributed by atoms with Gasteiger partial charge in [-0.05, 0) is 73.2 Å². The molecule has 1 N–H and O–H groups in total. The van der Waals surface area contributed by atoms with E-state index in [1.54, 1.807) is 19.4 Å². The third-order valence-corrected chi connectivity index (χ3v) is 7.04. The van der Waals surface area contributed by atoms with Gasteiger partial charge in [0.1, 0.15) is 11.4 Å². The van der Waals surface area contributed by atoms with Crippen molar-refractivity contribution >= 4 is 16.8 Å². The highest BCUT2D eigenvalue weighted by Gasteiger charge is 2.43. The third kappa shape index (κ3) is 3.75. The summed E-state index contributed by atoms with van der Waals surface area (Å²) in [5.74, 6) is 1.73. The number of carbonyl (C=O) groups excluding carboxylic acids is 1. The normalized spacial score (nSPS) is 25.3. The number of benzene rings is 1. The van der Waals surface area contributed by atoms with Gasteiger partial charge in [0.15, 0.2) is 0 Å². The third-order valence-electron chi connectivity index (χ3n) is 7.04. The number of rotatable bonds is 6.